The Morgan fingerprint density at radius 3 is 2.72 bits per heavy atom. The van der Waals surface area contributed by atoms with Crippen LogP contribution in [0.4, 0.5) is 0 Å². The first kappa shape index (κ1) is 17.4. The van der Waals surface area contributed by atoms with Crippen molar-refractivity contribution in [3.05, 3.63) is 23.0 Å². The molecule has 134 valence electrons. The van der Waals surface area contributed by atoms with E-state index >= 15 is 0 Å². The van der Waals surface area contributed by atoms with Gasteiger partial charge < -0.3 is 14.5 Å². The van der Waals surface area contributed by atoms with E-state index in [0.717, 1.165) is 0 Å². The van der Waals surface area contributed by atoms with Crippen molar-refractivity contribution in [1.29, 1.82) is 0 Å². The van der Waals surface area contributed by atoms with Gasteiger partial charge in [0.05, 0.1) is 22.6 Å². The number of carboxylic acids is 1. The second kappa shape index (κ2) is 6.46. The second-order valence-corrected chi connectivity index (χ2v) is 7.30. The molecule has 0 radical (unpaired) electrons. The molecule has 1 fully saturated rings. The van der Waals surface area contributed by atoms with E-state index < -0.39 is 11.9 Å². The number of hydrogen-bond donors (Lipinski definition) is 1. The van der Waals surface area contributed by atoms with Crippen molar-refractivity contribution in [1.82, 2.24) is 15.0 Å². The summed E-state index contributed by atoms with van der Waals surface area (Å²) >= 11 is 0. The summed E-state index contributed by atoms with van der Waals surface area (Å²) in [6, 6.07) is 1.74. The number of carboxylic acid groups (broad SMARTS) is 1. The third kappa shape index (κ3) is 3.23. The van der Waals surface area contributed by atoms with Crippen LogP contribution in [0.15, 0.2) is 10.6 Å². The average molecular weight is 345 g/mol. The second-order valence-electron chi connectivity index (χ2n) is 7.30. The van der Waals surface area contributed by atoms with Crippen LogP contribution in [0.2, 0.25) is 0 Å². The molecule has 0 saturated carbocycles. The molecule has 0 bridgehead atoms. The number of piperidine rings is 1. The Balaban J connectivity index is 2.04. The van der Waals surface area contributed by atoms with Gasteiger partial charge in [-0.15, -0.1) is 0 Å². The molecule has 25 heavy (non-hydrogen) atoms. The topological polar surface area (TPSA) is 96.5 Å². The van der Waals surface area contributed by atoms with Gasteiger partial charge >= 0.3 is 5.97 Å². The lowest BCUT2D eigenvalue weighted by Gasteiger charge is -2.34. The van der Waals surface area contributed by atoms with E-state index in [2.05, 4.69) is 10.1 Å². The lowest BCUT2D eigenvalue weighted by atomic mass is 9.90. The zero-order valence-corrected chi connectivity index (χ0v) is 14.9. The monoisotopic (exact) mass is 345 g/mol. The van der Waals surface area contributed by atoms with Gasteiger partial charge in [-0.1, -0.05) is 25.9 Å². The van der Waals surface area contributed by atoms with Crippen LogP contribution in [0.3, 0.4) is 0 Å². The van der Waals surface area contributed by atoms with Crippen molar-refractivity contribution in [2.24, 2.45) is 11.8 Å². The number of aliphatic carboxylic acids is 1. The molecular formula is C18H23N3O4. The van der Waals surface area contributed by atoms with E-state index in [1.807, 2.05) is 20.8 Å². The maximum Gasteiger partial charge on any atom is 0.308 e. The zero-order valence-electron chi connectivity index (χ0n) is 14.9. The van der Waals surface area contributed by atoms with Crippen LogP contribution in [0.25, 0.3) is 11.1 Å². The fourth-order valence-corrected chi connectivity index (χ4v) is 3.53. The molecule has 2 unspecified atom stereocenters. The molecule has 3 heterocycles. The molecule has 1 aliphatic rings. The lowest BCUT2D eigenvalue weighted by molar-refractivity contribution is -0.143. The minimum atomic E-state index is -0.853. The zero-order chi connectivity index (χ0) is 18.3. The Kier molecular flexibility index (Phi) is 4.49. The average Bonchev–Trinajstić information content (AvgIpc) is 2.96. The summed E-state index contributed by atoms with van der Waals surface area (Å²) < 4.78 is 5.32. The molecule has 2 aromatic rings. The summed E-state index contributed by atoms with van der Waals surface area (Å²) in [5.74, 6) is -1.33. The number of aryl methyl sites for hydroxylation is 1. The van der Waals surface area contributed by atoms with Gasteiger partial charge in [0.25, 0.3) is 11.6 Å². The van der Waals surface area contributed by atoms with E-state index in [4.69, 9.17) is 4.52 Å². The van der Waals surface area contributed by atoms with Gasteiger partial charge in [-0.05, 0) is 31.2 Å². The number of rotatable bonds is 3. The Morgan fingerprint density at radius 1 is 1.36 bits per heavy atom. The number of pyridine rings is 1. The predicted molar refractivity (Wildman–Crippen MR) is 91.4 cm³/mol. The summed E-state index contributed by atoms with van der Waals surface area (Å²) in [5, 5.41) is 14.1. The molecule has 1 amide bonds. The minimum absolute atomic E-state index is 0.0874. The molecule has 3 rings (SSSR count). The quantitative estimate of drug-likeness (QED) is 0.919. The molecule has 0 aromatic carbocycles. The first-order chi connectivity index (χ1) is 11.8. The highest BCUT2D eigenvalue weighted by Crippen LogP contribution is 2.30. The molecule has 1 N–H and O–H groups in total. The smallest absolute Gasteiger partial charge is 0.308 e. The Morgan fingerprint density at radius 2 is 2.08 bits per heavy atom. The summed E-state index contributed by atoms with van der Waals surface area (Å²) in [6.45, 7) is 8.51. The van der Waals surface area contributed by atoms with Crippen molar-refractivity contribution < 1.29 is 19.2 Å². The van der Waals surface area contributed by atoms with Gasteiger partial charge in [-0.25, -0.2) is 4.98 Å². The van der Waals surface area contributed by atoms with Crippen LogP contribution >= 0.6 is 0 Å². The Hall–Kier alpha value is -2.44. The fraction of sp³-hybridized carbons (Fsp3) is 0.556. The van der Waals surface area contributed by atoms with Gasteiger partial charge in [0.1, 0.15) is 0 Å². The van der Waals surface area contributed by atoms with Crippen LogP contribution in [0, 0.1) is 18.8 Å². The molecule has 1 saturated heterocycles. The number of amides is 1. The number of hydrogen-bond acceptors (Lipinski definition) is 5. The van der Waals surface area contributed by atoms with E-state index in [9.17, 15) is 14.7 Å². The highest BCUT2D eigenvalue weighted by atomic mass is 16.5. The third-order valence-corrected chi connectivity index (χ3v) is 4.67. The normalized spacial score (nSPS) is 21.1. The maximum absolute atomic E-state index is 13.2. The molecule has 7 heteroatoms. The molecule has 1 aliphatic heterocycles. The summed E-state index contributed by atoms with van der Waals surface area (Å²) in [7, 11) is 0. The molecule has 7 nitrogen and oxygen atoms in total. The van der Waals surface area contributed by atoms with E-state index in [1.54, 1.807) is 17.9 Å². The van der Waals surface area contributed by atoms with Crippen LogP contribution in [0.1, 0.15) is 54.9 Å². The first-order valence-corrected chi connectivity index (χ1v) is 8.57. The van der Waals surface area contributed by atoms with Gasteiger partial charge in [-0.3, -0.25) is 9.59 Å². The van der Waals surface area contributed by atoms with Crippen LogP contribution < -0.4 is 0 Å². The summed E-state index contributed by atoms with van der Waals surface area (Å²) in [5.41, 5.74) is 2.21. The van der Waals surface area contributed by atoms with Crippen LogP contribution in [-0.4, -0.2) is 45.1 Å². The number of carbonyl (C=O) groups is 2. The van der Waals surface area contributed by atoms with E-state index in [0.29, 0.717) is 41.0 Å². The molecule has 0 spiro atoms. The van der Waals surface area contributed by atoms with Crippen molar-refractivity contribution >= 4 is 23.0 Å². The van der Waals surface area contributed by atoms with Crippen LogP contribution in [0.5, 0.6) is 0 Å². The van der Waals surface area contributed by atoms with Gasteiger partial charge in [0.2, 0.25) is 0 Å². The lowest BCUT2D eigenvalue weighted by Crippen LogP contribution is -2.45. The number of carbonyl (C=O) groups excluding carboxylic acids is 1. The molecule has 0 aliphatic carbocycles. The highest BCUT2D eigenvalue weighted by molar-refractivity contribution is 6.06. The molecular weight excluding hydrogens is 322 g/mol. The van der Waals surface area contributed by atoms with Crippen molar-refractivity contribution in [2.75, 3.05) is 13.1 Å². The number of aromatic nitrogens is 2. The standard InChI is InChI=1S/C18H23N3O4/c1-9(2)15-14-13(6-11(4)19-16(14)25-20-15)17(22)21-7-10(3)5-12(8-21)18(23)24/h6,9-10,12H,5,7-8H2,1-4H3,(H,23,24). The summed E-state index contributed by atoms with van der Waals surface area (Å²) in [6.07, 6.45) is 0.592. The van der Waals surface area contributed by atoms with E-state index in [-0.39, 0.29) is 24.3 Å². The SMILES string of the molecule is Cc1cc(C(=O)N2CC(C)CC(C(=O)O)C2)c2c(C(C)C)noc2n1. The van der Waals surface area contributed by atoms with Crippen molar-refractivity contribution in [3.63, 3.8) is 0 Å². The maximum atomic E-state index is 13.2. The highest BCUT2D eigenvalue weighted by Gasteiger charge is 2.33. The van der Waals surface area contributed by atoms with Crippen molar-refractivity contribution in [3.8, 4) is 0 Å². The molecule has 2 atom stereocenters. The van der Waals surface area contributed by atoms with Gasteiger partial charge in [-0.2, -0.15) is 0 Å². The fourth-order valence-electron chi connectivity index (χ4n) is 3.53. The predicted octanol–water partition coefficient (Wildman–Crippen LogP) is 2.84. The van der Waals surface area contributed by atoms with E-state index in [1.165, 1.54) is 0 Å². The number of fused-ring (bicyclic) bond motifs is 1. The third-order valence-electron chi connectivity index (χ3n) is 4.67. The van der Waals surface area contributed by atoms with Crippen molar-refractivity contribution in [2.45, 2.75) is 40.0 Å². The first-order valence-electron chi connectivity index (χ1n) is 8.57. The molecule has 2 aromatic heterocycles. The summed E-state index contributed by atoms with van der Waals surface area (Å²) in [4.78, 5) is 30.6. The number of nitrogens with zero attached hydrogens (tertiary/aromatic N) is 3. The Labute approximate surface area is 146 Å². The Bertz CT molecular complexity index is 827. The number of likely N-dealkylation sites (tertiary alicyclic amines) is 1. The minimum Gasteiger partial charge on any atom is -0.481 e. The van der Waals surface area contributed by atoms with Gasteiger partial charge in [0, 0.05) is 18.8 Å². The largest absolute Gasteiger partial charge is 0.481 e. The van der Waals surface area contributed by atoms with Gasteiger partial charge in [0.15, 0.2) is 0 Å². The van der Waals surface area contributed by atoms with Crippen LogP contribution in [-0.2, 0) is 4.79 Å².